The zero-order valence-corrected chi connectivity index (χ0v) is 10.9. The Bertz CT molecular complexity index is 505. The maximum Gasteiger partial charge on any atom is 0.341 e. The maximum atomic E-state index is 11.9. The molecule has 19 heavy (non-hydrogen) atoms. The third kappa shape index (κ3) is 3.84. The van der Waals surface area contributed by atoms with Crippen LogP contribution >= 0.6 is 0 Å². The van der Waals surface area contributed by atoms with Crippen molar-refractivity contribution in [3.63, 3.8) is 0 Å². The van der Waals surface area contributed by atoms with Crippen LogP contribution in [0.1, 0.15) is 23.7 Å². The van der Waals surface area contributed by atoms with E-state index < -0.39 is 12.6 Å². The first-order chi connectivity index (χ1) is 8.99. The Morgan fingerprint density at radius 2 is 2.00 bits per heavy atom. The molecule has 0 saturated heterocycles. The van der Waals surface area contributed by atoms with Crippen molar-refractivity contribution in [3.8, 4) is 11.5 Å². The van der Waals surface area contributed by atoms with Crippen molar-refractivity contribution in [2.24, 2.45) is 0 Å². The van der Waals surface area contributed by atoms with E-state index in [1.54, 1.807) is 6.07 Å². The van der Waals surface area contributed by atoms with E-state index in [-0.39, 0.29) is 11.5 Å². The van der Waals surface area contributed by atoms with Gasteiger partial charge in [0.1, 0.15) is 0 Å². The Labute approximate surface area is 111 Å². The second-order valence-corrected chi connectivity index (χ2v) is 3.83. The lowest BCUT2D eigenvalue weighted by Crippen LogP contribution is -2.10. The lowest BCUT2D eigenvalue weighted by Gasteiger charge is -2.10. The van der Waals surface area contributed by atoms with Gasteiger partial charge in [-0.2, -0.15) is 0 Å². The molecule has 0 radical (unpaired) electrons. The van der Waals surface area contributed by atoms with Crippen molar-refractivity contribution in [3.05, 3.63) is 35.9 Å². The van der Waals surface area contributed by atoms with Crippen LogP contribution in [0.2, 0.25) is 0 Å². The SMILES string of the molecule is C=C(CC)C(=O)c1ccc(OCC(=O)O)c(OC)c1. The molecule has 0 unspecified atom stereocenters. The molecule has 1 N–H and O–H groups in total. The number of hydrogen-bond donors (Lipinski definition) is 1. The topological polar surface area (TPSA) is 72.8 Å². The van der Waals surface area contributed by atoms with E-state index in [0.717, 1.165) is 0 Å². The number of Topliss-reactive ketones (excluding diaryl/α,β-unsaturated/α-hetero) is 1. The number of carboxylic acid groups (broad SMARTS) is 1. The average Bonchev–Trinajstić information content (AvgIpc) is 2.43. The first kappa shape index (κ1) is 14.8. The minimum absolute atomic E-state index is 0.161. The number of ether oxygens (including phenoxy) is 2. The number of allylic oxidation sites excluding steroid dienone is 1. The fourth-order valence-corrected chi connectivity index (χ4v) is 1.43. The first-order valence-electron chi connectivity index (χ1n) is 5.74. The molecule has 0 aliphatic rings. The van der Waals surface area contributed by atoms with Crippen LogP contribution in [0.15, 0.2) is 30.4 Å². The monoisotopic (exact) mass is 264 g/mol. The van der Waals surface area contributed by atoms with Gasteiger partial charge in [0.15, 0.2) is 23.9 Å². The number of aliphatic carboxylic acids is 1. The molecule has 0 aliphatic carbocycles. The van der Waals surface area contributed by atoms with E-state index in [4.69, 9.17) is 14.6 Å². The molecule has 0 bridgehead atoms. The molecule has 0 spiro atoms. The van der Waals surface area contributed by atoms with E-state index in [1.807, 2.05) is 6.92 Å². The highest BCUT2D eigenvalue weighted by atomic mass is 16.5. The lowest BCUT2D eigenvalue weighted by atomic mass is 10.0. The fraction of sp³-hybridized carbons (Fsp3) is 0.286. The molecule has 0 heterocycles. The number of rotatable bonds is 7. The second kappa shape index (κ2) is 6.58. The van der Waals surface area contributed by atoms with Crippen LogP contribution < -0.4 is 9.47 Å². The van der Waals surface area contributed by atoms with E-state index in [9.17, 15) is 9.59 Å². The van der Waals surface area contributed by atoms with E-state index in [2.05, 4.69) is 6.58 Å². The number of carboxylic acids is 1. The molecule has 0 fully saturated rings. The molecular formula is C14H16O5. The van der Waals surface area contributed by atoms with Crippen LogP contribution in [0.4, 0.5) is 0 Å². The third-order valence-corrected chi connectivity index (χ3v) is 2.52. The van der Waals surface area contributed by atoms with Crippen LogP contribution in [0.5, 0.6) is 11.5 Å². The molecule has 102 valence electrons. The molecule has 0 amide bonds. The van der Waals surface area contributed by atoms with Gasteiger partial charge in [0, 0.05) is 5.56 Å². The normalized spacial score (nSPS) is 9.79. The van der Waals surface area contributed by atoms with E-state index >= 15 is 0 Å². The molecule has 0 saturated carbocycles. The number of benzene rings is 1. The van der Waals surface area contributed by atoms with E-state index in [0.29, 0.717) is 23.3 Å². The quantitative estimate of drug-likeness (QED) is 0.604. The summed E-state index contributed by atoms with van der Waals surface area (Å²) in [7, 11) is 1.42. The number of methoxy groups -OCH3 is 1. The third-order valence-electron chi connectivity index (χ3n) is 2.52. The van der Waals surface area contributed by atoms with Gasteiger partial charge in [0.05, 0.1) is 7.11 Å². The molecule has 1 aromatic carbocycles. The number of carbonyl (C=O) groups is 2. The minimum Gasteiger partial charge on any atom is -0.493 e. The highest BCUT2D eigenvalue weighted by Crippen LogP contribution is 2.29. The highest BCUT2D eigenvalue weighted by molar-refractivity contribution is 6.08. The van der Waals surface area contributed by atoms with Crippen molar-refractivity contribution in [2.75, 3.05) is 13.7 Å². The number of carbonyl (C=O) groups excluding carboxylic acids is 1. The zero-order valence-electron chi connectivity index (χ0n) is 10.9. The predicted octanol–water partition coefficient (Wildman–Crippen LogP) is 2.31. The summed E-state index contributed by atoms with van der Waals surface area (Å²) in [4.78, 5) is 22.4. The van der Waals surface area contributed by atoms with Crippen LogP contribution in [-0.2, 0) is 4.79 Å². The highest BCUT2D eigenvalue weighted by Gasteiger charge is 2.13. The molecule has 5 nitrogen and oxygen atoms in total. The van der Waals surface area contributed by atoms with Crippen molar-refractivity contribution in [1.29, 1.82) is 0 Å². The van der Waals surface area contributed by atoms with Crippen molar-refractivity contribution < 1.29 is 24.2 Å². The Hall–Kier alpha value is -2.30. The summed E-state index contributed by atoms with van der Waals surface area (Å²) in [5.74, 6) is -0.647. The molecule has 0 aromatic heterocycles. The summed E-state index contributed by atoms with van der Waals surface area (Å²) < 4.78 is 10.1. The molecule has 0 atom stereocenters. The van der Waals surface area contributed by atoms with Gasteiger partial charge in [0.25, 0.3) is 0 Å². The van der Waals surface area contributed by atoms with E-state index in [1.165, 1.54) is 19.2 Å². The van der Waals surface area contributed by atoms with Gasteiger partial charge in [-0.15, -0.1) is 0 Å². The van der Waals surface area contributed by atoms with Crippen LogP contribution in [0.3, 0.4) is 0 Å². The molecular weight excluding hydrogens is 248 g/mol. The Morgan fingerprint density at radius 3 is 2.53 bits per heavy atom. The number of hydrogen-bond acceptors (Lipinski definition) is 4. The molecule has 1 rings (SSSR count). The van der Waals surface area contributed by atoms with Gasteiger partial charge in [-0.25, -0.2) is 4.79 Å². The summed E-state index contributed by atoms with van der Waals surface area (Å²) >= 11 is 0. The smallest absolute Gasteiger partial charge is 0.341 e. The van der Waals surface area contributed by atoms with Gasteiger partial charge < -0.3 is 14.6 Å². The molecule has 5 heteroatoms. The second-order valence-electron chi connectivity index (χ2n) is 3.83. The van der Waals surface area contributed by atoms with Gasteiger partial charge in [-0.05, 0) is 30.2 Å². The Morgan fingerprint density at radius 1 is 1.32 bits per heavy atom. The maximum absolute atomic E-state index is 11.9. The summed E-state index contributed by atoms with van der Waals surface area (Å²) in [6.07, 6.45) is 0.568. The first-order valence-corrected chi connectivity index (χ1v) is 5.74. The lowest BCUT2D eigenvalue weighted by molar-refractivity contribution is -0.139. The predicted molar refractivity (Wildman–Crippen MR) is 69.9 cm³/mol. The fourth-order valence-electron chi connectivity index (χ4n) is 1.43. The van der Waals surface area contributed by atoms with Crippen molar-refractivity contribution in [1.82, 2.24) is 0 Å². The largest absolute Gasteiger partial charge is 0.493 e. The van der Waals surface area contributed by atoms with Gasteiger partial charge in [-0.1, -0.05) is 13.5 Å². The molecule has 1 aromatic rings. The van der Waals surface area contributed by atoms with Crippen molar-refractivity contribution in [2.45, 2.75) is 13.3 Å². The Balaban J connectivity index is 2.98. The average molecular weight is 264 g/mol. The minimum atomic E-state index is -1.08. The summed E-state index contributed by atoms with van der Waals surface area (Å²) in [5.41, 5.74) is 0.938. The summed E-state index contributed by atoms with van der Waals surface area (Å²) in [5, 5.41) is 8.55. The van der Waals surface area contributed by atoms with Crippen LogP contribution in [0, 0.1) is 0 Å². The standard InChI is InChI=1S/C14H16O5/c1-4-9(2)14(17)10-5-6-11(12(7-10)18-3)19-8-13(15)16/h5-7H,2,4,8H2,1,3H3,(H,15,16). The van der Waals surface area contributed by atoms with Crippen molar-refractivity contribution >= 4 is 11.8 Å². The van der Waals surface area contributed by atoms with Gasteiger partial charge in [-0.3, -0.25) is 4.79 Å². The van der Waals surface area contributed by atoms with Crippen LogP contribution in [0.25, 0.3) is 0 Å². The Kier molecular flexibility index (Phi) is 5.11. The number of ketones is 1. The van der Waals surface area contributed by atoms with Gasteiger partial charge >= 0.3 is 5.97 Å². The summed E-state index contributed by atoms with van der Waals surface area (Å²) in [6, 6.07) is 4.58. The summed E-state index contributed by atoms with van der Waals surface area (Å²) in [6.45, 7) is 5.07. The zero-order chi connectivity index (χ0) is 14.4. The molecule has 0 aliphatic heterocycles. The van der Waals surface area contributed by atoms with Crippen LogP contribution in [-0.4, -0.2) is 30.6 Å². The van der Waals surface area contributed by atoms with Gasteiger partial charge in [0.2, 0.25) is 0 Å².